The molecule has 3 rings (SSSR count). The molecule has 2 N–H and O–H groups in total. The van der Waals surface area contributed by atoms with Gasteiger partial charge in [-0.25, -0.2) is 4.79 Å². The Bertz CT molecular complexity index is 1130. The summed E-state index contributed by atoms with van der Waals surface area (Å²) in [6.45, 7) is 3.10. The van der Waals surface area contributed by atoms with Gasteiger partial charge in [0.05, 0.1) is 0 Å². The number of carbonyl (C=O) groups excluding carboxylic acids is 2. The van der Waals surface area contributed by atoms with Crippen molar-refractivity contribution in [3.8, 4) is 5.75 Å². The van der Waals surface area contributed by atoms with Gasteiger partial charge < -0.3 is 15.2 Å². The van der Waals surface area contributed by atoms with E-state index in [1.807, 2.05) is 18.2 Å². The second-order valence-corrected chi connectivity index (χ2v) is 8.46. The van der Waals surface area contributed by atoms with Crippen molar-refractivity contribution in [2.75, 3.05) is 0 Å². The second-order valence-electron chi connectivity index (χ2n) is 8.03. The molecule has 0 saturated heterocycles. The lowest BCUT2D eigenvalue weighted by Gasteiger charge is -2.27. The number of benzene rings is 3. The number of rotatable bonds is 9. The summed E-state index contributed by atoms with van der Waals surface area (Å²) in [6, 6.07) is 21.0. The van der Waals surface area contributed by atoms with Gasteiger partial charge in [0.1, 0.15) is 11.8 Å². The number of halogens is 1. The number of carboxylic acids is 1. The zero-order valence-electron chi connectivity index (χ0n) is 18.2. The van der Waals surface area contributed by atoms with Gasteiger partial charge in [0, 0.05) is 22.6 Å². The van der Waals surface area contributed by atoms with E-state index in [1.165, 1.54) is 0 Å². The molecule has 3 aromatic rings. The molecule has 170 valence electrons. The molecule has 6 nitrogen and oxygen atoms in total. The van der Waals surface area contributed by atoms with Crippen molar-refractivity contribution in [1.82, 2.24) is 5.32 Å². The number of ketones is 1. The Kier molecular flexibility index (Phi) is 7.51. The first kappa shape index (κ1) is 24.0. The predicted molar refractivity (Wildman–Crippen MR) is 126 cm³/mol. The molecule has 1 atom stereocenters. The number of carbonyl (C=O) groups is 3. The molecule has 0 aliphatic rings. The Morgan fingerprint density at radius 3 is 2.00 bits per heavy atom. The van der Waals surface area contributed by atoms with E-state index in [2.05, 4.69) is 5.32 Å². The summed E-state index contributed by atoms with van der Waals surface area (Å²) in [5, 5.41) is 12.6. The van der Waals surface area contributed by atoms with Gasteiger partial charge in [-0.05, 0) is 67.9 Å². The van der Waals surface area contributed by atoms with Gasteiger partial charge in [-0.2, -0.15) is 0 Å². The van der Waals surface area contributed by atoms with Crippen molar-refractivity contribution < 1.29 is 24.2 Å². The van der Waals surface area contributed by atoms with Crippen LogP contribution < -0.4 is 10.1 Å². The number of nitrogens with one attached hydrogen (secondary N) is 1. The van der Waals surface area contributed by atoms with Crippen molar-refractivity contribution >= 4 is 29.3 Å². The van der Waals surface area contributed by atoms with Crippen LogP contribution in [-0.2, 0) is 16.0 Å². The molecule has 0 saturated carbocycles. The van der Waals surface area contributed by atoms with Gasteiger partial charge >= 0.3 is 5.97 Å². The van der Waals surface area contributed by atoms with Crippen LogP contribution in [0.3, 0.4) is 0 Å². The Morgan fingerprint density at radius 2 is 1.45 bits per heavy atom. The maximum atomic E-state index is 12.8. The molecular weight excluding hydrogens is 442 g/mol. The smallest absolute Gasteiger partial charge is 0.326 e. The molecular formula is C26H24ClNO5. The van der Waals surface area contributed by atoms with Crippen molar-refractivity contribution in [2.24, 2.45) is 0 Å². The first-order valence-electron chi connectivity index (χ1n) is 10.3. The van der Waals surface area contributed by atoms with E-state index in [0.717, 1.165) is 5.56 Å². The van der Waals surface area contributed by atoms with Crippen molar-refractivity contribution in [3.05, 3.63) is 101 Å². The minimum Gasteiger partial charge on any atom is -0.480 e. The fourth-order valence-corrected chi connectivity index (χ4v) is 3.29. The van der Waals surface area contributed by atoms with Gasteiger partial charge in [0.2, 0.25) is 0 Å². The third kappa shape index (κ3) is 6.43. The highest BCUT2D eigenvalue weighted by Gasteiger charge is 2.33. The van der Waals surface area contributed by atoms with Crippen molar-refractivity contribution in [1.29, 1.82) is 0 Å². The standard InChI is InChI=1S/C26H24ClNO5/c1-26(2,25(32)28-22(24(30)31)16-17-6-4-3-5-7-17)33-21-14-10-19(11-15-21)23(29)18-8-12-20(27)13-9-18/h3-15,22H,16H2,1-2H3,(H,28,32)(H,30,31). The van der Waals surface area contributed by atoms with Crippen LogP contribution in [0.2, 0.25) is 5.02 Å². The molecule has 0 aromatic heterocycles. The van der Waals surface area contributed by atoms with E-state index < -0.39 is 23.5 Å². The largest absolute Gasteiger partial charge is 0.480 e. The number of ether oxygens (including phenoxy) is 1. The Morgan fingerprint density at radius 1 is 0.909 bits per heavy atom. The van der Waals surface area contributed by atoms with Crippen LogP contribution in [0.15, 0.2) is 78.9 Å². The molecule has 3 aromatic carbocycles. The van der Waals surface area contributed by atoms with E-state index in [4.69, 9.17) is 16.3 Å². The number of carboxylic acid groups (broad SMARTS) is 1. The SMILES string of the molecule is CC(C)(Oc1ccc(C(=O)c2ccc(Cl)cc2)cc1)C(=O)NC(Cc1ccccc1)C(=O)O. The van der Waals surface area contributed by atoms with Crippen LogP contribution in [0.25, 0.3) is 0 Å². The normalized spacial score (nSPS) is 12.0. The van der Waals surface area contributed by atoms with Crippen LogP contribution in [-0.4, -0.2) is 34.4 Å². The lowest BCUT2D eigenvalue weighted by atomic mass is 10.0. The molecule has 0 spiro atoms. The summed E-state index contributed by atoms with van der Waals surface area (Å²) in [6.07, 6.45) is 0.152. The molecule has 0 bridgehead atoms. The molecule has 1 amide bonds. The van der Waals surface area contributed by atoms with Crippen LogP contribution >= 0.6 is 11.6 Å². The average molecular weight is 466 g/mol. The minimum absolute atomic E-state index is 0.152. The predicted octanol–water partition coefficient (Wildman–Crippen LogP) is 4.54. The third-order valence-corrected chi connectivity index (χ3v) is 5.28. The van der Waals surface area contributed by atoms with Crippen LogP contribution in [0.4, 0.5) is 0 Å². The van der Waals surface area contributed by atoms with Gasteiger partial charge in [-0.15, -0.1) is 0 Å². The molecule has 33 heavy (non-hydrogen) atoms. The summed E-state index contributed by atoms with van der Waals surface area (Å²) in [7, 11) is 0. The Labute approximate surface area is 197 Å². The fraction of sp³-hybridized carbons (Fsp3) is 0.192. The van der Waals surface area contributed by atoms with E-state index in [1.54, 1.807) is 74.5 Å². The molecule has 0 heterocycles. The topological polar surface area (TPSA) is 92.7 Å². The first-order chi connectivity index (χ1) is 15.7. The molecule has 0 aliphatic heterocycles. The fourth-order valence-electron chi connectivity index (χ4n) is 3.17. The van der Waals surface area contributed by atoms with Gasteiger partial charge in [0.25, 0.3) is 5.91 Å². The molecule has 1 unspecified atom stereocenters. The summed E-state index contributed by atoms with van der Waals surface area (Å²) in [5.41, 5.74) is 0.419. The highest BCUT2D eigenvalue weighted by atomic mass is 35.5. The zero-order valence-corrected chi connectivity index (χ0v) is 19.0. The van der Waals surface area contributed by atoms with E-state index in [-0.39, 0.29) is 12.2 Å². The highest BCUT2D eigenvalue weighted by Crippen LogP contribution is 2.21. The van der Waals surface area contributed by atoms with Gasteiger partial charge in [-0.1, -0.05) is 41.9 Å². The third-order valence-electron chi connectivity index (χ3n) is 5.03. The zero-order chi connectivity index (χ0) is 24.0. The number of hydrogen-bond donors (Lipinski definition) is 2. The van der Waals surface area contributed by atoms with Crippen molar-refractivity contribution in [2.45, 2.75) is 31.9 Å². The van der Waals surface area contributed by atoms with Crippen LogP contribution in [0, 0.1) is 0 Å². The minimum atomic E-state index is -1.34. The van der Waals surface area contributed by atoms with E-state index >= 15 is 0 Å². The second kappa shape index (κ2) is 10.3. The lowest BCUT2D eigenvalue weighted by Crippen LogP contribution is -2.52. The maximum absolute atomic E-state index is 12.8. The quantitative estimate of drug-likeness (QED) is 0.452. The van der Waals surface area contributed by atoms with Crippen LogP contribution in [0.5, 0.6) is 5.75 Å². The van der Waals surface area contributed by atoms with E-state index in [0.29, 0.717) is 21.9 Å². The summed E-state index contributed by atoms with van der Waals surface area (Å²) in [4.78, 5) is 37.1. The average Bonchev–Trinajstić information content (AvgIpc) is 2.79. The Balaban J connectivity index is 1.66. The number of aliphatic carboxylic acids is 1. The maximum Gasteiger partial charge on any atom is 0.326 e. The summed E-state index contributed by atoms with van der Waals surface area (Å²) >= 11 is 5.87. The highest BCUT2D eigenvalue weighted by molar-refractivity contribution is 6.30. The molecule has 0 aliphatic carbocycles. The van der Waals surface area contributed by atoms with Gasteiger partial charge in [0.15, 0.2) is 11.4 Å². The van der Waals surface area contributed by atoms with Gasteiger partial charge in [-0.3, -0.25) is 9.59 Å². The summed E-state index contributed by atoms with van der Waals surface area (Å²) in [5.74, 6) is -1.49. The van der Waals surface area contributed by atoms with E-state index in [9.17, 15) is 19.5 Å². The van der Waals surface area contributed by atoms with Crippen LogP contribution in [0.1, 0.15) is 35.3 Å². The number of amides is 1. The molecule has 7 heteroatoms. The lowest BCUT2D eigenvalue weighted by molar-refractivity contribution is -0.144. The Hall–Kier alpha value is -3.64. The molecule has 0 fully saturated rings. The number of hydrogen-bond acceptors (Lipinski definition) is 4. The van der Waals surface area contributed by atoms with Crippen molar-refractivity contribution in [3.63, 3.8) is 0 Å². The monoisotopic (exact) mass is 465 g/mol. The summed E-state index contributed by atoms with van der Waals surface area (Å²) < 4.78 is 5.82. The molecule has 0 radical (unpaired) electrons. The first-order valence-corrected chi connectivity index (χ1v) is 10.7.